The fraction of sp³-hybridized carbons (Fsp3) is 0.231. The summed E-state index contributed by atoms with van der Waals surface area (Å²) in [4.78, 5) is 0. The van der Waals surface area contributed by atoms with Crippen molar-refractivity contribution in [1.29, 1.82) is 0 Å². The minimum Gasteiger partial charge on any atom is -0.330 e. The van der Waals surface area contributed by atoms with E-state index in [9.17, 15) is 0 Å². The Hall–Kier alpha value is -1.05. The summed E-state index contributed by atoms with van der Waals surface area (Å²) in [5, 5.41) is 2.62. The van der Waals surface area contributed by atoms with Gasteiger partial charge in [-0.15, -0.1) is 12.4 Å². The van der Waals surface area contributed by atoms with Crippen LogP contribution in [-0.4, -0.2) is 6.54 Å². The van der Waals surface area contributed by atoms with Crippen LogP contribution in [0.5, 0.6) is 0 Å². The topological polar surface area (TPSA) is 26.0 Å². The molecule has 0 atom stereocenters. The van der Waals surface area contributed by atoms with Crippen LogP contribution in [0.25, 0.3) is 10.8 Å². The highest BCUT2D eigenvalue weighted by Gasteiger charge is 1.99. The van der Waals surface area contributed by atoms with Gasteiger partial charge in [0.15, 0.2) is 0 Å². The summed E-state index contributed by atoms with van der Waals surface area (Å²) in [5.41, 5.74) is 8.28. The molecule has 2 aromatic rings. The zero-order valence-corrected chi connectivity index (χ0v) is 9.68. The fourth-order valence-electron chi connectivity index (χ4n) is 1.83. The van der Waals surface area contributed by atoms with Crippen LogP contribution in [0.3, 0.4) is 0 Å². The summed E-state index contributed by atoms with van der Waals surface area (Å²) in [7, 11) is 0. The number of benzene rings is 2. The first kappa shape index (κ1) is 12.0. The lowest BCUT2D eigenvalue weighted by molar-refractivity contribution is 0.960. The first-order valence-corrected chi connectivity index (χ1v) is 4.99. The summed E-state index contributed by atoms with van der Waals surface area (Å²) in [6, 6.07) is 12.9. The number of hydrogen-bond acceptors (Lipinski definition) is 1. The molecule has 0 heterocycles. The molecule has 0 bridgehead atoms. The standard InChI is InChI=1S/C13H15N.ClH/c1-10-8-12-4-2-3-5-13(12)9-11(10)6-7-14;/h2-5,8-9H,6-7,14H2,1H3;1H. The molecule has 0 aliphatic rings. The van der Waals surface area contributed by atoms with Gasteiger partial charge in [0, 0.05) is 0 Å². The van der Waals surface area contributed by atoms with Crippen molar-refractivity contribution < 1.29 is 0 Å². The van der Waals surface area contributed by atoms with Crippen LogP contribution in [0.2, 0.25) is 0 Å². The third-order valence-electron chi connectivity index (χ3n) is 2.62. The number of rotatable bonds is 2. The number of hydrogen-bond donors (Lipinski definition) is 1. The third kappa shape index (κ3) is 2.49. The largest absolute Gasteiger partial charge is 0.330 e. The average molecular weight is 222 g/mol. The third-order valence-corrected chi connectivity index (χ3v) is 2.62. The van der Waals surface area contributed by atoms with Gasteiger partial charge in [-0.3, -0.25) is 0 Å². The van der Waals surface area contributed by atoms with Crippen LogP contribution >= 0.6 is 12.4 Å². The minimum absolute atomic E-state index is 0. The van der Waals surface area contributed by atoms with Crippen LogP contribution in [0, 0.1) is 6.92 Å². The lowest BCUT2D eigenvalue weighted by Crippen LogP contribution is -2.03. The van der Waals surface area contributed by atoms with Gasteiger partial charge < -0.3 is 5.73 Å². The maximum Gasteiger partial charge on any atom is -0.00366 e. The van der Waals surface area contributed by atoms with Crippen molar-refractivity contribution in [2.24, 2.45) is 5.73 Å². The van der Waals surface area contributed by atoms with Gasteiger partial charge in [-0.05, 0) is 41.8 Å². The Balaban J connectivity index is 0.00000112. The molecule has 0 fully saturated rings. The molecule has 0 spiro atoms. The van der Waals surface area contributed by atoms with Gasteiger partial charge in [-0.25, -0.2) is 0 Å². The van der Waals surface area contributed by atoms with Crippen molar-refractivity contribution in [2.45, 2.75) is 13.3 Å². The van der Waals surface area contributed by atoms with Crippen molar-refractivity contribution in [3.05, 3.63) is 47.5 Å². The van der Waals surface area contributed by atoms with E-state index in [1.54, 1.807) is 0 Å². The summed E-state index contributed by atoms with van der Waals surface area (Å²) in [6.07, 6.45) is 0.969. The Bertz CT molecular complexity index is 451. The van der Waals surface area contributed by atoms with E-state index in [0.717, 1.165) is 13.0 Å². The molecule has 1 nitrogen and oxygen atoms in total. The molecule has 2 rings (SSSR count). The number of aryl methyl sites for hydroxylation is 1. The molecule has 2 aromatic carbocycles. The van der Waals surface area contributed by atoms with Crippen LogP contribution in [0.4, 0.5) is 0 Å². The Morgan fingerprint density at radius 2 is 1.67 bits per heavy atom. The van der Waals surface area contributed by atoms with Crippen molar-refractivity contribution in [3.63, 3.8) is 0 Å². The smallest absolute Gasteiger partial charge is 0.00366 e. The molecule has 0 radical (unpaired) electrons. The van der Waals surface area contributed by atoms with E-state index in [1.807, 2.05) is 0 Å². The number of halogens is 1. The van der Waals surface area contributed by atoms with Crippen LogP contribution < -0.4 is 5.73 Å². The molecule has 0 aromatic heterocycles. The summed E-state index contributed by atoms with van der Waals surface area (Å²) in [5.74, 6) is 0. The Labute approximate surface area is 96.7 Å². The van der Waals surface area contributed by atoms with Crippen molar-refractivity contribution in [2.75, 3.05) is 6.54 Å². The normalized spacial score (nSPS) is 10.0. The van der Waals surface area contributed by atoms with E-state index in [-0.39, 0.29) is 12.4 Å². The monoisotopic (exact) mass is 221 g/mol. The molecule has 2 N–H and O–H groups in total. The molecule has 2 heteroatoms. The SMILES string of the molecule is Cc1cc2ccccc2cc1CCN.Cl. The van der Waals surface area contributed by atoms with Crippen molar-refractivity contribution >= 4 is 23.2 Å². The Kier molecular flexibility index (Phi) is 4.13. The number of nitrogens with two attached hydrogens (primary N) is 1. The molecule has 0 saturated carbocycles. The zero-order valence-electron chi connectivity index (χ0n) is 8.86. The van der Waals surface area contributed by atoms with E-state index >= 15 is 0 Å². The minimum atomic E-state index is 0. The molecular formula is C13H16ClN. The number of fused-ring (bicyclic) bond motifs is 1. The predicted molar refractivity (Wildman–Crippen MR) is 68.7 cm³/mol. The first-order valence-electron chi connectivity index (χ1n) is 4.99. The molecule has 15 heavy (non-hydrogen) atoms. The van der Waals surface area contributed by atoms with Gasteiger partial charge in [0.05, 0.1) is 0 Å². The second-order valence-corrected chi connectivity index (χ2v) is 3.66. The lowest BCUT2D eigenvalue weighted by atomic mass is 10.00. The molecule has 0 aliphatic carbocycles. The quantitative estimate of drug-likeness (QED) is 0.829. The van der Waals surface area contributed by atoms with E-state index < -0.39 is 0 Å². The van der Waals surface area contributed by atoms with Gasteiger partial charge in [0.25, 0.3) is 0 Å². The van der Waals surface area contributed by atoms with Gasteiger partial charge in [-0.1, -0.05) is 36.4 Å². The fourth-order valence-corrected chi connectivity index (χ4v) is 1.83. The zero-order chi connectivity index (χ0) is 9.97. The average Bonchev–Trinajstić information content (AvgIpc) is 2.19. The maximum atomic E-state index is 5.57. The van der Waals surface area contributed by atoms with Gasteiger partial charge in [-0.2, -0.15) is 0 Å². The van der Waals surface area contributed by atoms with Gasteiger partial charge >= 0.3 is 0 Å². The maximum absolute atomic E-state index is 5.57. The lowest BCUT2D eigenvalue weighted by Gasteiger charge is -2.06. The molecule has 0 amide bonds. The summed E-state index contributed by atoms with van der Waals surface area (Å²) in [6.45, 7) is 2.87. The van der Waals surface area contributed by atoms with E-state index in [2.05, 4.69) is 43.3 Å². The van der Waals surface area contributed by atoms with Crippen LogP contribution in [0.1, 0.15) is 11.1 Å². The van der Waals surface area contributed by atoms with Crippen molar-refractivity contribution in [3.8, 4) is 0 Å². The van der Waals surface area contributed by atoms with Crippen molar-refractivity contribution in [1.82, 2.24) is 0 Å². The van der Waals surface area contributed by atoms with Gasteiger partial charge in [0.2, 0.25) is 0 Å². The second-order valence-electron chi connectivity index (χ2n) is 3.66. The highest BCUT2D eigenvalue weighted by Crippen LogP contribution is 2.19. The van der Waals surface area contributed by atoms with Crippen LogP contribution in [0.15, 0.2) is 36.4 Å². The van der Waals surface area contributed by atoms with E-state index in [0.29, 0.717) is 0 Å². The second kappa shape index (κ2) is 5.15. The van der Waals surface area contributed by atoms with E-state index in [1.165, 1.54) is 21.9 Å². The molecule has 80 valence electrons. The molecule has 0 aliphatic heterocycles. The highest BCUT2D eigenvalue weighted by molar-refractivity contribution is 5.85. The summed E-state index contributed by atoms with van der Waals surface area (Å²) < 4.78 is 0. The first-order chi connectivity index (χ1) is 6.81. The highest BCUT2D eigenvalue weighted by atomic mass is 35.5. The van der Waals surface area contributed by atoms with Crippen LogP contribution in [-0.2, 0) is 6.42 Å². The Morgan fingerprint density at radius 3 is 2.27 bits per heavy atom. The van der Waals surface area contributed by atoms with E-state index in [4.69, 9.17) is 5.73 Å². The Morgan fingerprint density at radius 1 is 1.07 bits per heavy atom. The molecule has 0 saturated heterocycles. The molecule has 0 unspecified atom stereocenters. The molecular weight excluding hydrogens is 206 g/mol. The van der Waals surface area contributed by atoms with Gasteiger partial charge in [0.1, 0.15) is 0 Å². The predicted octanol–water partition coefficient (Wildman–Crippen LogP) is 3.07. The summed E-state index contributed by atoms with van der Waals surface area (Å²) >= 11 is 0.